The SMILES string of the molecule is NCc1cc(S(N)(=O)=O)c(Br)s1. The van der Waals surface area contributed by atoms with E-state index < -0.39 is 10.0 Å². The third-order valence-electron chi connectivity index (χ3n) is 1.21. The van der Waals surface area contributed by atoms with Gasteiger partial charge in [0.05, 0.1) is 3.79 Å². The molecule has 0 saturated heterocycles. The highest BCUT2D eigenvalue weighted by atomic mass is 79.9. The van der Waals surface area contributed by atoms with Crippen molar-refractivity contribution in [3.8, 4) is 0 Å². The van der Waals surface area contributed by atoms with Crippen LogP contribution in [0.15, 0.2) is 14.7 Å². The Labute approximate surface area is 82.7 Å². The molecule has 1 aromatic heterocycles. The van der Waals surface area contributed by atoms with Crippen molar-refractivity contribution >= 4 is 37.3 Å². The van der Waals surface area contributed by atoms with Crippen molar-refractivity contribution in [2.45, 2.75) is 11.4 Å². The molecular weight excluding hydrogens is 264 g/mol. The van der Waals surface area contributed by atoms with E-state index in [0.29, 0.717) is 10.3 Å². The van der Waals surface area contributed by atoms with E-state index in [1.54, 1.807) is 0 Å². The van der Waals surface area contributed by atoms with Crippen molar-refractivity contribution in [2.75, 3.05) is 0 Å². The van der Waals surface area contributed by atoms with Crippen LogP contribution in [0.4, 0.5) is 0 Å². The van der Waals surface area contributed by atoms with Gasteiger partial charge in [-0.1, -0.05) is 0 Å². The topological polar surface area (TPSA) is 86.2 Å². The molecule has 0 aliphatic heterocycles. The first kappa shape index (κ1) is 10.1. The van der Waals surface area contributed by atoms with Gasteiger partial charge in [0.2, 0.25) is 10.0 Å². The Kier molecular flexibility index (Phi) is 2.89. The molecule has 1 heterocycles. The highest BCUT2D eigenvalue weighted by Crippen LogP contribution is 2.30. The summed E-state index contributed by atoms with van der Waals surface area (Å²) in [7, 11) is -3.61. The van der Waals surface area contributed by atoms with E-state index in [0.717, 1.165) is 4.88 Å². The molecule has 0 spiro atoms. The number of nitrogens with two attached hydrogens (primary N) is 2. The number of hydrogen-bond acceptors (Lipinski definition) is 4. The molecule has 4 nitrogen and oxygen atoms in total. The minimum Gasteiger partial charge on any atom is -0.326 e. The molecule has 12 heavy (non-hydrogen) atoms. The molecule has 0 bridgehead atoms. The van der Waals surface area contributed by atoms with Gasteiger partial charge in [0.25, 0.3) is 0 Å². The summed E-state index contributed by atoms with van der Waals surface area (Å²) in [6.45, 7) is 0.318. The zero-order valence-corrected chi connectivity index (χ0v) is 9.17. The first-order valence-electron chi connectivity index (χ1n) is 2.96. The summed E-state index contributed by atoms with van der Waals surface area (Å²) in [5.74, 6) is 0. The molecular formula is C5H7BrN2O2S2. The first-order chi connectivity index (χ1) is 5.45. The van der Waals surface area contributed by atoms with E-state index in [4.69, 9.17) is 10.9 Å². The lowest BCUT2D eigenvalue weighted by Crippen LogP contribution is -2.11. The molecule has 0 amide bonds. The fourth-order valence-corrected chi connectivity index (χ4v) is 3.84. The van der Waals surface area contributed by atoms with Crippen molar-refractivity contribution < 1.29 is 8.42 Å². The van der Waals surface area contributed by atoms with Crippen LogP contribution in [-0.4, -0.2) is 8.42 Å². The van der Waals surface area contributed by atoms with Crippen molar-refractivity contribution in [2.24, 2.45) is 10.9 Å². The fraction of sp³-hybridized carbons (Fsp3) is 0.200. The van der Waals surface area contributed by atoms with Crippen molar-refractivity contribution in [1.29, 1.82) is 0 Å². The Bertz CT molecular complexity index is 384. The second-order valence-corrected chi connectivity index (χ2v) is 6.08. The minimum atomic E-state index is -3.61. The summed E-state index contributed by atoms with van der Waals surface area (Å²) in [6, 6.07) is 1.48. The molecule has 1 rings (SSSR count). The van der Waals surface area contributed by atoms with E-state index in [1.165, 1.54) is 17.4 Å². The molecule has 0 radical (unpaired) electrons. The third-order valence-corrected chi connectivity index (χ3v) is 4.40. The van der Waals surface area contributed by atoms with E-state index >= 15 is 0 Å². The van der Waals surface area contributed by atoms with Gasteiger partial charge in [-0.05, 0) is 22.0 Å². The van der Waals surface area contributed by atoms with Crippen molar-refractivity contribution in [1.82, 2.24) is 0 Å². The second kappa shape index (κ2) is 3.43. The number of halogens is 1. The fourth-order valence-electron chi connectivity index (χ4n) is 0.692. The average Bonchev–Trinajstić information content (AvgIpc) is 2.29. The van der Waals surface area contributed by atoms with Crippen LogP contribution in [-0.2, 0) is 16.6 Å². The standard InChI is InChI=1S/C5H7BrN2O2S2/c6-5-4(12(8,9)10)1-3(2-7)11-5/h1H,2,7H2,(H2,8,9,10). The lowest BCUT2D eigenvalue weighted by molar-refractivity contribution is 0.597. The molecule has 1 aromatic rings. The molecule has 0 atom stereocenters. The van der Waals surface area contributed by atoms with Gasteiger partial charge in [-0.15, -0.1) is 11.3 Å². The number of sulfonamides is 1. The van der Waals surface area contributed by atoms with Crippen LogP contribution < -0.4 is 10.9 Å². The highest BCUT2D eigenvalue weighted by molar-refractivity contribution is 9.11. The normalized spacial score (nSPS) is 11.9. The van der Waals surface area contributed by atoms with Gasteiger partial charge < -0.3 is 5.73 Å². The number of primary sulfonamides is 1. The molecule has 7 heteroatoms. The lowest BCUT2D eigenvalue weighted by atomic mass is 10.5. The van der Waals surface area contributed by atoms with Gasteiger partial charge in [-0.2, -0.15) is 0 Å². The zero-order valence-electron chi connectivity index (χ0n) is 5.95. The maximum Gasteiger partial charge on any atom is 0.240 e. The van der Waals surface area contributed by atoms with E-state index in [-0.39, 0.29) is 4.90 Å². The predicted molar refractivity (Wildman–Crippen MR) is 51.3 cm³/mol. The molecule has 0 aliphatic rings. The quantitative estimate of drug-likeness (QED) is 0.826. The van der Waals surface area contributed by atoms with Gasteiger partial charge in [-0.25, -0.2) is 13.6 Å². The van der Waals surface area contributed by atoms with Gasteiger partial charge >= 0.3 is 0 Å². The van der Waals surface area contributed by atoms with Crippen LogP contribution in [0.5, 0.6) is 0 Å². The van der Waals surface area contributed by atoms with E-state index in [1.807, 2.05) is 0 Å². The predicted octanol–water partition coefficient (Wildman–Crippen LogP) is 0.617. The van der Waals surface area contributed by atoms with Crippen LogP contribution >= 0.6 is 27.3 Å². The maximum atomic E-state index is 10.9. The molecule has 0 fully saturated rings. The summed E-state index contributed by atoms with van der Waals surface area (Å²) in [5, 5.41) is 4.93. The summed E-state index contributed by atoms with van der Waals surface area (Å²) in [4.78, 5) is 0.888. The van der Waals surface area contributed by atoms with Crippen LogP contribution in [0.1, 0.15) is 4.88 Å². The number of hydrogen-bond donors (Lipinski definition) is 2. The Morgan fingerprint density at radius 3 is 2.42 bits per heavy atom. The first-order valence-corrected chi connectivity index (χ1v) is 6.12. The van der Waals surface area contributed by atoms with Crippen LogP contribution in [0, 0.1) is 0 Å². The van der Waals surface area contributed by atoms with Crippen molar-refractivity contribution in [3.63, 3.8) is 0 Å². The smallest absolute Gasteiger partial charge is 0.240 e. The third kappa shape index (κ3) is 2.05. The summed E-state index contributed by atoms with van der Waals surface area (Å²) >= 11 is 4.37. The second-order valence-electron chi connectivity index (χ2n) is 2.10. The van der Waals surface area contributed by atoms with Crippen molar-refractivity contribution in [3.05, 3.63) is 14.7 Å². The Balaban J connectivity index is 3.27. The summed E-state index contributed by atoms with van der Waals surface area (Å²) in [6.07, 6.45) is 0. The van der Waals surface area contributed by atoms with Gasteiger partial charge in [-0.3, -0.25) is 0 Å². The van der Waals surface area contributed by atoms with Crippen LogP contribution in [0.2, 0.25) is 0 Å². The molecule has 0 aliphatic carbocycles. The van der Waals surface area contributed by atoms with Gasteiger partial charge in [0, 0.05) is 11.4 Å². The van der Waals surface area contributed by atoms with Crippen LogP contribution in [0.3, 0.4) is 0 Å². The van der Waals surface area contributed by atoms with E-state index in [2.05, 4.69) is 15.9 Å². The molecule has 4 N–H and O–H groups in total. The average molecular weight is 271 g/mol. The Morgan fingerprint density at radius 2 is 2.17 bits per heavy atom. The minimum absolute atomic E-state index is 0.105. The Morgan fingerprint density at radius 1 is 1.58 bits per heavy atom. The van der Waals surface area contributed by atoms with Gasteiger partial charge in [0.1, 0.15) is 4.90 Å². The summed E-state index contributed by atoms with van der Waals surface area (Å²) in [5.41, 5.74) is 5.33. The largest absolute Gasteiger partial charge is 0.326 e. The van der Waals surface area contributed by atoms with Gasteiger partial charge in [0.15, 0.2) is 0 Å². The molecule has 68 valence electrons. The van der Waals surface area contributed by atoms with E-state index in [9.17, 15) is 8.42 Å². The summed E-state index contributed by atoms with van der Waals surface area (Å²) < 4.78 is 22.3. The monoisotopic (exact) mass is 270 g/mol. The molecule has 0 unspecified atom stereocenters. The van der Waals surface area contributed by atoms with Crippen LogP contribution in [0.25, 0.3) is 0 Å². The highest BCUT2D eigenvalue weighted by Gasteiger charge is 2.15. The zero-order chi connectivity index (χ0) is 9.35. The lowest BCUT2D eigenvalue weighted by Gasteiger charge is -1.91. The number of thiophene rings is 1. The maximum absolute atomic E-state index is 10.9. The molecule has 0 aromatic carbocycles. The Hall–Kier alpha value is 0.0500. The number of rotatable bonds is 2. The molecule has 0 saturated carbocycles.